The van der Waals surface area contributed by atoms with Gasteiger partial charge in [0.05, 0.1) is 19.9 Å². The molecule has 1 saturated carbocycles. The van der Waals surface area contributed by atoms with Gasteiger partial charge in [-0.3, -0.25) is 14.5 Å². The van der Waals surface area contributed by atoms with E-state index in [-0.39, 0.29) is 22.5 Å². The van der Waals surface area contributed by atoms with Gasteiger partial charge in [0.1, 0.15) is 28.1 Å². The Bertz CT molecular complexity index is 1540. The number of nitrogens with two attached hydrogens (primary N) is 1. The molecule has 3 N–H and O–H groups in total. The lowest BCUT2D eigenvalue weighted by Crippen LogP contribution is -2.46. The molecule has 1 aliphatic carbocycles. The van der Waals surface area contributed by atoms with E-state index in [2.05, 4.69) is 23.5 Å². The second kappa shape index (κ2) is 13.3. The highest BCUT2D eigenvalue weighted by Gasteiger charge is 2.37. The first-order chi connectivity index (χ1) is 20.8. The summed E-state index contributed by atoms with van der Waals surface area (Å²) in [6.07, 6.45) is 3.99. The lowest BCUT2D eigenvalue weighted by Gasteiger charge is -2.32. The molecule has 5 rings (SSSR count). The molecular weight excluding hydrogens is 560 g/mol. The summed E-state index contributed by atoms with van der Waals surface area (Å²) in [6, 6.07) is 21.6. The summed E-state index contributed by atoms with van der Waals surface area (Å²) in [4.78, 5) is 30.6. The molecule has 3 aromatic carbocycles. The number of hydrogen-bond donors (Lipinski definition) is 2. The molecule has 1 aromatic heterocycles. The molecule has 43 heavy (non-hydrogen) atoms. The van der Waals surface area contributed by atoms with E-state index in [1.807, 2.05) is 60.7 Å². The van der Waals surface area contributed by atoms with E-state index in [0.717, 1.165) is 48.3 Å². The van der Waals surface area contributed by atoms with Crippen LogP contribution < -0.4 is 25.4 Å². The number of benzene rings is 3. The number of aromatic nitrogens is 1. The van der Waals surface area contributed by atoms with E-state index >= 15 is 0 Å². The van der Waals surface area contributed by atoms with Crippen molar-refractivity contribution in [2.75, 3.05) is 24.9 Å². The van der Waals surface area contributed by atoms with Crippen LogP contribution >= 0.6 is 11.5 Å². The standard InChI is InChI=1S/C34H38N4O4S/c1-21(2)22-9-15-26(16-10-22)38(34(40)32-29(35)30(37-43-32)23-11-17-27(41-3)18-12-23)31(24-13-19-28(42-4)20-14-24)33(39)36-25-7-5-6-8-25/h9-21,25,31H,5-8,35H2,1-4H3,(H,36,39)/t31-/m1/s1. The lowest BCUT2D eigenvalue weighted by molar-refractivity contribution is -0.123. The van der Waals surface area contributed by atoms with Crippen LogP contribution in [0.4, 0.5) is 11.4 Å². The maximum Gasteiger partial charge on any atom is 0.273 e. The number of ether oxygens (including phenoxy) is 2. The van der Waals surface area contributed by atoms with Crippen LogP contribution in [0.1, 0.15) is 72.3 Å². The zero-order chi connectivity index (χ0) is 30.5. The highest BCUT2D eigenvalue weighted by atomic mass is 32.1. The summed E-state index contributed by atoms with van der Waals surface area (Å²) < 4.78 is 15.2. The second-order valence-electron chi connectivity index (χ2n) is 11.1. The van der Waals surface area contributed by atoms with E-state index in [4.69, 9.17) is 15.2 Å². The third-order valence-electron chi connectivity index (χ3n) is 7.98. The first kappa shape index (κ1) is 30.1. The molecule has 0 saturated heterocycles. The Morgan fingerprint density at radius 3 is 2.00 bits per heavy atom. The van der Waals surface area contributed by atoms with Crippen LogP contribution in [-0.4, -0.2) is 36.4 Å². The van der Waals surface area contributed by atoms with Crippen molar-refractivity contribution in [2.45, 2.75) is 57.5 Å². The Kier molecular flexibility index (Phi) is 9.31. The maximum absolute atomic E-state index is 14.6. The van der Waals surface area contributed by atoms with Gasteiger partial charge in [0, 0.05) is 17.3 Å². The van der Waals surface area contributed by atoms with Crippen LogP contribution in [0, 0.1) is 0 Å². The first-order valence-electron chi connectivity index (χ1n) is 14.6. The normalized spacial score (nSPS) is 14.0. The summed E-state index contributed by atoms with van der Waals surface area (Å²) in [5.41, 5.74) is 10.6. The number of hydrogen-bond acceptors (Lipinski definition) is 7. The fourth-order valence-electron chi connectivity index (χ4n) is 5.48. The molecule has 0 spiro atoms. The van der Waals surface area contributed by atoms with Crippen molar-refractivity contribution in [3.8, 4) is 22.8 Å². The molecule has 1 atom stereocenters. The summed E-state index contributed by atoms with van der Waals surface area (Å²) in [7, 11) is 3.20. The topological polar surface area (TPSA) is 107 Å². The summed E-state index contributed by atoms with van der Waals surface area (Å²) in [5.74, 6) is 1.05. The van der Waals surface area contributed by atoms with Crippen molar-refractivity contribution in [1.82, 2.24) is 9.69 Å². The Morgan fingerprint density at radius 1 is 0.884 bits per heavy atom. The monoisotopic (exact) mass is 598 g/mol. The minimum atomic E-state index is -0.949. The highest BCUT2D eigenvalue weighted by Crippen LogP contribution is 2.37. The van der Waals surface area contributed by atoms with E-state index < -0.39 is 11.9 Å². The van der Waals surface area contributed by atoms with Crippen LogP contribution in [0.5, 0.6) is 11.5 Å². The van der Waals surface area contributed by atoms with Crippen LogP contribution in [0.3, 0.4) is 0 Å². The van der Waals surface area contributed by atoms with Crippen LogP contribution in [-0.2, 0) is 4.79 Å². The molecule has 224 valence electrons. The molecule has 9 heteroatoms. The van der Waals surface area contributed by atoms with Crippen LogP contribution in [0.2, 0.25) is 0 Å². The minimum Gasteiger partial charge on any atom is -0.497 e. The zero-order valence-corrected chi connectivity index (χ0v) is 25.8. The highest BCUT2D eigenvalue weighted by molar-refractivity contribution is 7.09. The number of carbonyl (C=O) groups is 2. The maximum atomic E-state index is 14.6. The molecule has 1 fully saturated rings. The molecule has 1 heterocycles. The number of nitrogens with one attached hydrogen (secondary N) is 1. The number of carbonyl (C=O) groups excluding carboxylic acids is 2. The Morgan fingerprint density at radius 2 is 1.44 bits per heavy atom. The van der Waals surface area contributed by atoms with Crippen molar-refractivity contribution in [1.29, 1.82) is 0 Å². The molecular formula is C34H38N4O4S. The largest absolute Gasteiger partial charge is 0.497 e. The van der Waals surface area contributed by atoms with E-state index in [1.54, 1.807) is 31.3 Å². The van der Waals surface area contributed by atoms with E-state index in [9.17, 15) is 9.59 Å². The fourth-order valence-corrected chi connectivity index (χ4v) is 6.23. The molecule has 2 amide bonds. The predicted octanol–water partition coefficient (Wildman–Crippen LogP) is 6.98. The molecule has 4 aromatic rings. The molecule has 0 bridgehead atoms. The van der Waals surface area contributed by atoms with Gasteiger partial charge < -0.3 is 20.5 Å². The minimum absolute atomic E-state index is 0.0728. The zero-order valence-electron chi connectivity index (χ0n) is 25.0. The SMILES string of the molecule is COc1ccc(-c2nsc(C(=O)N(c3ccc(C(C)C)cc3)[C@@H](C(=O)NC3CCCC3)c3ccc(OC)cc3)c2N)cc1. The Balaban J connectivity index is 1.61. The van der Waals surface area contributed by atoms with Crippen LogP contribution in [0.15, 0.2) is 72.8 Å². The third kappa shape index (κ3) is 6.51. The van der Waals surface area contributed by atoms with Gasteiger partial charge in [-0.25, -0.2) is 0 Å². The van der Waals surface area contributed by atoms with Gasteiger partial charge in [0.2, 0.25) is 5.91 Å². The number of methoxy groups -OCH3 is 2. The van der Waals surface area contributed by atoms with E-state index in [1.165, 1.54) is 0 Å². The van der Waals surface area contributed by atoms with Crippen LogP contribution in [0.25, 0.3) is 11.3 Å². The van der Waals surface area contributed by atoms with Gasteiger partial charge in [-0.2, -0.15) is 4.37 Å². The average Bonchev–Trinajstić information content (AvgIpc) is 3.69. The number of amides is 2. The molecule has 0 radical (unpaired) electrons. The van der Waals surface area contributed by atoms with Gasteiger partial charge in [-0.15, -0.1) is 0 Å². The number of nitrogens with zero attached hydrogens (tertiary/aromatic N) is 2. The smallest absolute Gasteiger partial charge is 0.273 e. The molecule has 8 nitrogen and oxygen atoms in total. The predicted molar refractivity (Wildman–Crippen MR) is 172 cm³/mol. The Hall–Kier alpha value is -4.37. The van der Waals surface area contributed by atoms with E-state index in [0.29, 0.717) is 34.4 Å². The fraction of sp³-hybridized carbons (Fsp3) is 0.324. The van der Waals surface area contributed by atoms with Crippen molar-refractivity contribution >= 4 is 34.7 Å². The van der Waals surface area contributed by atoms with Crippen molar-refractivity contribution in [2.24, 2.45) is 0 Å². The Labute approximate surface area is 257 Å². The first-order valence-corrected chi connectivity index (χ1v) is 15.4. The number of rotatable bonds is 10. The number of anilines is 2. The molecule has 0 aliphatic heterocycles. The van der Waals surface area contributed by atoms with Gasteiger partial charge in [-0.1, -0.05) is 51.0 Å². The summed E-state index contributed by atoms with van der Waals surface area (Å²) in [6.45, 7) is 4.23. The average molecular weight is 599 g/mol. The van der Waals surface area contributed by atoms with Crippen molar-refractivity contribution in [3.05, 3.63) is 88.8 Å². The quantitative estimate of drug-likeness (QED) is 0.204. The van der Waals surface area contributed by atoms with Gasteiger partial charge >= 0.3 is 0 Å². The summed E-state index contributed by atoms with van der Waals surface area (Å²) >= 11 is 1.03. The van der Waals surface area contributed by atoms with Gasteiger partial charge in [0.15, 0.2) is 0 Å². The second-order valence-corrected chi connectivity index (χ2v) is 11.9. The van der Waals surface area contributed by atoms with Crippen molar-refractivity contribution in [3.63, 3.8) is 0 Å². The third-order valence-corrected chi connectivity index (χ3v) is 8.83. The molecule has 1 aliphatic rings. The summed E-state index contributed by atoms with van der Waals surface area (Å²) in [5, 5.41) is 3.23. The molecule has 0 unspecified atom stereocenters. The lowest BCUT2D eigenvalue weighted by atomic mass is 9.99. The van der Waals surface area contributed by atoms with Gasteiger partial charge in [-0.05, 0) is 89.9 Å². The van der Waals surface area contributed by atoms with Gasteiger partial charge in [0.25, 0.3) is 5.91 Å². The van der Waals surface area contributed by atoms with Crippen molar-refractivity contribution < 1.29 is 19.1 Å². The number of nitrogen functional groups attached to an aromatic ring is 1.